The van der Waals surface area contributed by atoms with E-state index in [1.54, 1.807) is 0 Å². The van der Waals surface area contributed by atoms with E-state index in [0.29, 0.717) is 31.7 Å². The van der Waals surface area contributed by atoms with E-state index in [2.05, 4.69) is 55.1 Å². The molecule has 0 rings (SSSR count). The minimum absolute atomic E-state index is 0.0175. The van der Waals surface area contributed by atoms with Gasteiger partial charge in [-0.25, -0.2) is 0 Å². The molecule has 108 valence electrons. The summed E-state index contributed by atoms with van der Waals surface area (Å²) in [6.45, 7) is 13.4. The van der Waals surface area contributed by atoms with Gasteiger partial charge in [0.25, 0.3) is 0 Å². The van der Waals surface area contributed by atoms with Crippen LogP contribution >= 0.6 is 15.9 Å². The van der Waals surface area contributed by atoms with Crippen LogP contribution in [0.2, 0.25) is 18.1 Å². The summed E-state index contributed by atoms with van der Waals surface area (Å²) in [5.41, 5.74) is 0. The maximum atomic E-state index is 10.9. The van der Waals surface area contributed by atoms with Gasteiger partial charge < -0.3 is 14.5 Å². The van der Waals surface area contributed by atoms with E-state index in [0.717, 1.165) is 0 Å². The molecule has 0 aromatic carbocycles. The summed E-state index contributed by atoms with van der Waals surface area (Å²) in [5, 5.41) is 3.29. The number of alkyl halides is 1. The fraction of sp³-hybridized carbons (Fsp3) is 0.917. The van der Waals surface area contributed by atoms with Crippen LogP contribution in [0.4, 0.5) is 0 Å². The van der Waals surface area contributed by atoms with Crippen LogP contribution in [0, 0.1) is 0 Å². The Morgan fingerprint density at radius 1 is 1.22 bits per heavy atom. The van der Waals surface area contributed by atoms with E-state index in [9.17, 15) is 4.79 Å². The number of halogens is 1. The molecule has 0 bridgehead atoms. The second-order valence-electron chi connectivity index (χ2n) is 5.70. The Bertz CT molecular complexity index is 254. The molecule has 0 aliphatic rings. The number of hydrogen-bond donors (Lipinski definition) is 1. The first-order chi connectivity index (χ1) is 8.20. The minimum atomic E-state index is -1.65. The Balaban J connectivity index is 3.55. The molecule has 0 radical (unpaired) electrons. The highest BCUT2D eigenvalue weighted by Crippen LogP contribution is 2.36. The molecule has 0 saturated carbocycles. The molecular formula is C12H26BrNO3Si. The average Bonchev–Trinajstić information content (AvgIpc) is 2.25. The first kappa shape index (κ1) is 18.1. The smallest absolute Gasteiger partial charge is 0.230 e. The van der Waals surface area contributed by atoms with Gasteiger partial charge in [-0.2, -0.15) is 0 Å². The Hall–Kier alpha value is 0.0869. The topological polar surface area (TPSA) is 47.6 Å². The molecule has 4 nitrogen and oxygen atoms in total. The van der Waals surface area contributed by atoms with Gasteiger partial charge in [-0.05, 0) is 18.1 Å². The Labute approximate surface area is 120 Å². The van der Waals surface area contributed by atoms with Crippen molar-refractivity contribution in [3.05, 3.63) is 0 Å². The van der Waals surface area contributed by atoms with Gasteiger partial charge in [0.1, 0.15) is 0 Å². The normalized spacial score (nSPS) is 12.6. The first-order valence-corrected chi connectivity index (χ1v) is 10.3. The van der Waals surface area contributed by atoms with Crippen molar-refractivity contribution in [1.29, 1.82) is 0 Å². The van der Waals surface area contributed by atoms with Gasteiger partial charge in [0, 0.05) is 6.54 Å². The van der Waals surface area contributed by atoms with Gasteiger partial charge in [-0.15, -0.1) is 0 Å². The average molecular weight is 340 g/mol. The molecule has 6 heteroatoms. The van der Waals surface area contributed by atoms with Crippen molar-refractivity contribution < 1.29 is 14.0 Å². The minimum Gasteiger partial charge on any atom is -0.414 e. The lowest BCUT2D eigenvalue weighted by Gasteiger charge is -2.36. The molecule has 0 aliphatic carbocycles. The van der Waals surface area contributed by atoms with Crippen LogP contribution in [0.15, 0.2) is 0 Å². The van der Waals surface area contributed by atoms with E-state index in [1.807, 2.05) is 0 Å². The predicted octanol–water partition coefficient (Wildman–Crippen LogP) is 2.54. The van der Waals surface area contributed by atoms with E-state index in [-0.39, 0.29) is 10.9 Å². The lowest BCUT2D eigenvalue weighted by Crippen LogP contribution is -2.41. The SMILES string of the molecule is CC(C)(C)[Si](C)(C)OCCOCCNC(=O)CBr. The van der Waals surface area contributed by atoms with Crippen LogP contribution in [0.3, 0.4) is 0 Å². The van der Waals surface area contributed by atoms with Crippen LogP contribution in [0.1, 0.15) is 20.8 Å². The first-order valence-electron chi connectivity index (χ1n) is 6.25. The van der Waals surface area contributed by atoms with Gasteiger partial charge >= 0.3 is 0 Å². The molecule has 0 atom stereocenters. The molecule has 0 aromatic heterocycles. The number of nitrogens with one attached hydrogen (secondary N) is 1. The van der Waals surface area contributed by atoms with Crippen molar-refractivity contribution >= 4 is 30.2 Å². The van der Waals surface area contributed by atoms with Crippen LogP contribution < -0.4 is 5.32 Å². The third kappa shape index (κ3) is 7.51. The molecule has 0 saturated heterocycles. The maximum absolute atomic E-state index is 10.9. The highest BCUT2D eigenvalue weighted by molar-refractivity contribution is 9.09. The van der Waals surface area contributed by atoms with Crippen LogP contribution in [-0.2, 0) is 14.0 Å². The van der Waals surface area contributed by atoms with Gasteiger partial charge in [-0.3, -0.25) is 4.79 Å². The molecule has 18 heavy (non-hydrogen) atoms. The summed E-state index contributed by atoms with van der Waals surface area (Å²) >= 11 is 3.08. The molecule has 0 fully saturated rings. The molecule has 0 heterocycles. The molecule has 1 amide bonds. The van der Waals surface area contributed by atoms with Gasteiger partial charge in [0.2, 0.25) is 5.91 Å². The molecule has 0 aromatic rings. The lowest BCUT2D eigenvalue weighted by molar-refractivity contribution is -0.118. The molecule has 0 unspecified atom stereocenters. The van der Waals surface area contributed by atoms with Crippen molar-refractivity contribution in [3.8, 4) is 0 Å². The Kier molecular flexibility index (Phi) is 8.34. The van der Waals surface area contributed by atoms with E-state index < -0.39 is 8.32 Å². The highest BCUT2D eigenvalue weighted by Gasteiger charge is 2.36. The van der Waals surface area contributed by atoms with Crippen molar-refractivity contribution in [3.63, 3.8) is 0 Å². The number of amides is 1. The zero-order valence-corrected chi connectivity index (χ0v) is 14.7. The lowest BCUT2D eigenvalue weighted by atomic mass is 10.2. The second kappa shape index (κ2) is 8.30. The summed E-state index contributed by atoms with van der Waals surface area (Å²) in [4.78, 5) is 10.9. The van der Waals surface area contributed by atoms with Gasteiger partial charge in [-0.1, -0.05) is 36.7 Å². The maximum Gasteiger partial charge on any atom is 0.230 e. The Morgan fingerprint density at radius 3 is 2.33 bits per heavy atom. The largest absolute Gasteiger partial charge is 0.414 e. The number of ether oxygens (including phenoxy) is 1. The van der Waals surface area contributed by atoms with E-state index in [4.69, 9.17) is 9.16 Å². The van der Waals surface area contributed by atoms with E-state index in [1.165, 1.54) is 0 Å². The van der Waals surface area contributed by atoms with Crippen molar-refractivity contribution in [2.45, 2.75) is 38.9 Å². The van der Waals surface area contributed by atoms with E-state index >= 15 is 0 Å². The van der Waals surface area contributed by atoms with Crippen molar-refractivity contribution in [2.24, 2.45) is 0 Å². The van der Waals surface area contributed by atoms with Crippen LogP contribution in [0.5, 0.6) is 0 Å². The van der Waals surface area contributed by atoms with Crippen molar-refractivity contribution in [1.82, 2.24) is 5.32 Å². The number of carbonyl (C=O) groups excluding carboxylic acids is 1. The van der Waals surface area contributed by atoms with Gasteiger partial charge in [0.15, 0.2) is 8.32 Å². The van der Waals surface area contributed by atoms with Gasteiger partial charge in [0.05, 0.1) is 25.2 Å². The fourth-order valence-electron chi connectivity index (χ4n) is 0.984. The summed E-state index contributed by atoms with van der Waals surface area (Å²) in [6.07, 6.45) is 0. The van der Waals surface area contributed by atoms with Crippen LogP contribution in [0.25, 0.3) is 0 Å². The number of carbonyl (C=O) groups is 1. The fourth-order valence-corrected chi connectivity index (χ4v) is 2.21. The number of hydrogen-bond acceptors (Lipinski definition) is 3. The molecule has 0 aliphatic heterocycles. The zero-order chi connectivity index (χ0) is 14.2. The summed E-state index contributed by atoms with van der Waals surface area (Å²) in [6, 6.07) is 0. The summed E-state index contributed by atoms with van der Waals surface area (Å²) < 4.78 is 11.4. The molecule has 1 N–H and O–H groups in total. The molecule has 0 spiro atoms. The Morgan fingerprint density at radius 2 is 1.83 bits per heavy atom. The summed E-state index contributed by atoms with van der Waals surface area (Å²) in [5.74, 6) is -0.0175. The van der Waals surface area contributed by atoms with Crippen LogP contribution in [-0.4, -0.2) is 45.9 Å². The highest BCUT2D eigenvalue weighted by atomic mass is 79.9. The predicted molar refractivity (Wildman–Crippen MR) is 80.8 cm³/mol. The number of rotatable bonds is 8. The third-order valence-electron chi connectivity index (χ3n) is 3.19. The second-order valence-corrected chi connectivity index (χ2v) is 11.1. The molecular weight excluding hydrogens is 314 g/mol. The monoisotopic (exact) mass is 339 g/mol. The summed E-state index contributed by atoms with van der Waals surface area (Å²) in [7, 11) is -1.65. The van der Waals surface area contributed by atoms with Crippen molar-refractivity contribution in [2.75, 3.05) is 31.7 Å². The standard InChI is InChI=1S/C12H26BrNO3Si/c1-12(2,3)18(4,5)17-9-8-16-7-6-14-11(15)10-13/h6-10H2,1-5H3,(H,14,15). The zero-order valence-electron chi connectivity index (χ0n) is 12.1. The third-order valence-corrected chi connectivity index (χ3v) is 8.23. The quantitative estimate of drug-likeness (QED) is 0.420.